The van der Waals surface area contributed by atoms with Crippen LogP contribution < -0.4 is 4.74 Å². The minimum Gasteiger partial charge on any atom is -0.492 e. The first-order valence-corrected chi connectivity index (χ1v) is 7.35. The molecule has 0 aliphatic rings. The number of ether oxygens (including phenoxy) is 1. The van der Waals surface area contributed by atoms with E-state index in [0.717, 1.165) is 26.7 Å². The Bertz CT molecular complexity index is 479. The zero-order chi connectivity index (χ0) is 13.7. The molecule has 0 N–H and O–H groups in total. The molecular formula is C14H16Br2O2. The van der Waals surface area contributed by atoms with E-state index >= 15 is 0 Å². The first-order chi connectivity index (χ1) is 8.45. The molecule has 1 rings (SSSR count). The molecule has 0 atom stereocenters. The van der Waals surface area contributed by atoms with Crippen LogP contribution in [0.25, 0.3) is 6.08 Å². The van der Waals surface area contributed by atoms with E-state index in [1.54, 1.807) is 13.8 Å². The molecular weight excluding hydrogens is 360 g/mol. The van der Waals surface area contributed by atoms with Crippen molar-refractivity contribution < 1.29 is 9.53 Å². The first-order valence-electron chi connectivity index (χ1n) is 5.76. The topological polar surface area (TPSA) is 26.3 Å². The summed E-state index contributed by atoms with van der Waals surface area (Å²) in [5, 5.41) is 0. The highest BCUT2D eigenvalue weighted by molar-refractivity contribution is 9.11. The van der Waals surface area contributed by atoms with Gasteiger partial charge in [0.2, 0.25) is 0 Å². The molecule has 4 heteroatoms. The van der Waals surface area contributed by atoms with Crippen molar-refractivity contribution in [2.24, 2.45) is 0 Å². The summed E-state index contributed by atoms with van der Waals surface area (Å²) in [4.78, 5) is 11.3. The SMILES string of the molecule is CCCOc1c(Br)cc(Br)cc1/C=C(/C)C(C)=O. The number of allylic oxidation sites excluding steroid dienone is 1. The van der Waals surface area contributed by atoms with Crippen molar-refractivity contribution in [2.75, 3.05) is 6.61 Å². The monoisotopic (exact) mass is 374 g/mol. The largest absolute Gasteiger partial charge is 0.492 e. The molecule has 0 bridgehead atoms. The van der Waals surface area contributed by atoms with E-state index in [1.807, 2.05) is 18.2 Å². The molecule has 0 aromatic heterocycles. The van der Waals surface area contributed by atoms with Crippen LogP contribution in [0.2, 0.25) is 0 Å². The van der Waals surface area contributed by atoms with Gasteiger partial charge in [0.25, 0.3) is 0 Å². The molecule has 0 aliphatic carbocycles. The van der Waals surface area contributed by atoms with Crippen LogP contribution in [-0.4, -0.2) is 12.4 Å². The van der Waals surface area contributed by atoms with Crippen LogP contribution in [0.5, 0.6) is 5.75 Å². The van der Waals surface area contributed by atoms with E-state index in [0.29, 0.717) is 12.2 Å². The van der Waals surface area contributed by atoms with Crippen LogP contribution in [0.1, 0.15) is 32.8 Å². The summed E-state index contributed by atoms with van der Waals surface area (Å²) < 4.78 is 7.56. The highest BCUT2D eigenvalue weighted by Gasteiger charge is 2.09. The minimum atomic E-state index is 0.0625. The molecule has 2 nitrogen and oxygen atoms in total. The number of halogens is 2. The van der Waals surface area contributed by atoms with Crippen LogP contribution in [0, 0.1) is 0 Å². The summed E-state index contributed by atoms with van der Waals surface area (Å²) >= 11 is 6.93. The van der Waals surface area contributed by atoms with Gasteiger partial charge >= 0.3 is 0 Å². The summed E-state index contributed by atoms with van der Waals surface area (Å²) in [7, 11) is 0. The van der Waals surface area contributed by atoms with Gasteiger partial charge in [-0.1, -0.05) is 22.9 Å². The van der Waals surface area contributed by atoms with Crippen molar-refractivity contribution in [3.8, 4) is 5.75 Å². The Labute approximate surface area is 125 Å². The maximum absolute atomic E-state index is 11.3. The summed E-state index contributed by atoms with van der Waals surface area (Å²) in [5.41, 5.74) is 1.61. The lowest BCUT2D eigenvalue weighted by molar-refractivity contribution is -0.113. The Balaban J connectivity index is 3.22. The van der Waals surface area contributed by atoms with Gasteiger partial charge in [-0.3, -0.25) is 4.79 Å². The van der Waals surface area contributed by atoms with Gasteiger partial charge in [0, 0.05) is 10.0 Å². The van der Waals surface area contributed by atoms with Gasteiger partial charge in [0.15, 0.2) is 5.78 Å². The fraction of sp³-hybridized carbons (Fsp3) is 0.357. The molecule has 1 aromatic rings. The van der Waals surface area contributed by atoms with Gasteiger partial charge in [-0.15, -0.1) is 0 Å². The average molecular weight is 376 g/mol. The molecule has 18 heavy (non-hydrogen) atoms. The molecule has 0 fully saturated rings. The molecule has 0 amide bonds. The van der Waals surface area contributed by atoms with Crippen LogP contribution in [0.3, 0.4) is 0 Å². The van der Waals surface area contributed by atoms with E-state index in [9.17, 15) is 4.79 Å². The van der Waals surface area contributed by atoms with E-state index in [1.165, 1.54) is 0 Å². The van der Waals surface area contributed by atoms with Crippen molar-refractivity contribution in [2.45, 2.75) is 27.2 Å². The Kier molecular flexibility index (Phi) is 6.09. The quantitative estimate of drug-likeness (QED) is 0.677. The third kappa shape index (κ3) is 4.25. The summed E-state index contributed by atoms with van der Waals surface area (Å²) in [6, 6.07) is 3.88. The number of carbonyl (C=O) groups excluding carboxylic acids is 1. The zero-order valence-electron chi connectivity index (χ0n) is 10.7. The van der Waals surface area contributed by atoms with Gasteiger partial charge in [0.1, 0.15) is 5.75 Å². The smallest absolute Gasteiger partial charge is 0.155 e. The van der Waals surface area contributed by atoms with Gasteiger partial charge in [0.05, 0.1) is 11.1 Å². The highest BCUT2D eigenvalue weighted by atomic mass is 79.9. The maximum atomic E-state index is 11.3. The number of benzene rings is 1. The molecule has 0 spiro atoms. The van der Waals surface area contributed by atoms with Gasteiger partial charge in [-0.05, 0) is 60.0 Å². The fourth-order valence-electron chi connectivity index (χ4n) is 1.38. The summed E-state index contributed by atoms with van der Waals surface area (Å²) in [6.45, 7) is 6.08. The molecule has 98 valence electrons. The number of ketones is 1. The molecule has 0 aliphatic heterocycles. The molecule has 1 aromatic carbocycles. The molecule has 0 radical (unpaired) electrons. The van der Waals surface area contributed by atoms with Crippen molar-refractivity contribution >= 4 is 43.7 Å². The van der Waals surface area contributed by atoms with Crippen molar-refractivity contribution in [3.05, 3.63) is 32.2 Å². The molecule has 0 unspecified atom stereocenters. The minimum absolute atomic E-state index is 0.0625. The number of Topliss-reactive ketones (excluding diaryl/α,β-unsaturated/α-hetero) is 1. The van der Waals surface area contributed by atoms with Gasteiger partial charge in [-0.25, -0.2) is 0 Å². The Morgan fingerprint density at radius 1 is 1.33 bits per heavy atom. The highest BCUT2D eigenvalue weighted by Crippen LogP contribution is 2.34. The van der Waals surface area contributed by atoms with E-state index in [2.05, 4.69) is 38.8 Å². The fourth-order valence-corrected chi connectivity index (χ4v) is 2.75. The standard InChI is InChI=1S/C14H16Br2O2/c1-4-5-18-14-11(6-9(2)10(3)17)7-12(15)8-13(14)16/h6-8H,4-5H2,1-3H3/b9-6-. The second-order valence-corrected chi connectivity index (χ2v) is 5.81. The second kappa shape index (κ2) is 7.10. The predicted molar refractivity (Wildman–Crippen MR) is 82.0 cm³/mol. The Morgan fingerprint density at radius 3 is 2.56 bits per heavy atom. The van der Waals surface area contributed by atoms with E-state index in [4.69, 9.17) is 4.74 Å². The lowest BCUT2D eigenvalue weighted by Crippen LogP contribution is -1.99. The predicted octanol–water partition coefficient (Wildman–Crippen LogP) is 4.99. The van der Waals surface area contributed by atoms with Crippen LogP contribution >= 0.6 is 31.9 Å². The molecule has 0 heterocycles. The number of hydrogen-bond donors (Lipinski definition) is 0. The van der Waals surface area contributed by atoms with Crippen LogP contribution in [0.4, 0.5) is 0 Å². The normalized spacial score (nSPS) is 11.5. The van der Waals surface area contributed by atoms with Gasteiger partial charge in [-0.2, -0.15) is 0 Å². The van der Waals surface area contributed by atoms with Crippen molar-refractivity contribution in [1.82, 2.24) is 0 Å². The molecule has 0 saturated carbocycles. The lowest BCUT2D eigenvalue weighted by Gasteiger charge is -2.12. The van der Waals surface area contributed by atoms with Gasteiger partial charge < -0.3 is 4.74 Å². The Morgan fingerprint density at radius 2 is 2.00 bits per heavy atom. The third-order valence-electron chi connectivity index (χ3n) is 2.41. The Hall–Kier alpha value is -0.610. The summed E-state index contributed by atoms with van der Waals surface area (Å²) in [6.07, 6.45) is 2.79. The first kappa shape index (κ1) is 15.4. The van der Waals surface area contributed by atoms with Crippen molar-refractivity contribution in [3.63, 3.8) is 0 Å². The van der Waals surface area contributed by atoms with Crippen molar-refractivity contribution in [1.29, 1.82) is 0 Å². The van der Waals surface area contributed by atoms with Crippen LogP contribution in [0.15, 0.2) is 26.7 Å². The number of rotatable bonds is 5. The zero-order valence-corrected chi connectivity index (χ0v) is 13.9. The average Bonchev–Trinajstić information content (AvgIpc) is 2.27. The lowest BCUT2D eigenvalue weighted by atomic mass is 10.1. The number of hydrogen-bond acceptors (Lipinski definition) is 2. The second-order valence-electron chi connectivity index (χ2n) is 4.04. The third-order valence-corrected chi connectivity index (χ3v) is 3.46. The maximum Gasteiger partial charge on any atom is 0.155 e. The number of carbonyl (C=O) groups is 1. The van der Waals surface area contributed by atoms with E-state index < -0.39 is 0 Å². The summed E-state index contributed by atoms with van der Waals surface area (Å²) in [5.74, 6) is 0.841. The van der Waals surface area contributed by atoms with Crippen LogP contribution in [-0.2, 0) is 4.79 Å². The van der Waals surface area contributed by atoms with E-state index in [-0.39, 0.29) is 5.78 Å². The molecule has 0 saturated heterocycles.